The zero-order valence-corrected chi connectivity index (χ0v) is 23.9. The van der Waals surface area contributed by atoms with E-state index in [0.717, 1.165) is 35.9 Å². The number of fused-ring (bicyclic) bond motifs is 1. The van der Waals surface area contributed by atoms with Crippen LogP contribution in [0.3, 0.4) is 0 Å². The molecule has 2 aromatic rings. The summed E-state index contributed by atoms with van der Waals surface area (Å²) in [6, 6.07) is 3.47. The molecule has 0 radical (unpaired) electrons. The lowest BCUT2D eigenvalue weighted by Gasteiger charge is -2.37. The quantitative estimate of drug-likeness (QED) is 0.493. The number of aromatic nitrogens is 2. The van der Waals surface area contributed by atoms with Gasteiger partial charge in [0.05, 0.1) is 16.6 Å². The second-order valence-corrected chi connectivity index (χ2v) is 13.4. The smallest absolute Gasteiger partial charge is 0.241 e. The van der Waals surface area contributed by atoms with Gasteiger partial charge in [0, 0.05) is 68.3 Å². The van der Waals surface area contributed by atoms with Crippen molar-refractivity contribution in [3.05, 3.63) is 18.3 Å². The number of halogens is 1. The van der Waals surface area contributed by atoms with E-state index < -0.39 is 10.0 Å². The number of piperazine rings is 1. The van der Waals surface area contributed by atoms with Crippen LogP contribution in [0.5, 0.6) is 0 Å². The molecule has 1 N–H and O–H groups in total. The van der Waals surface area contributed by atoms with Crippen molar-refractivity contribution < 1.29 is 18.0 Å². The van der Waals surface area contributed by atoms with E-state index in [2.05, 4.69) is 14.7 Å². The molecule has 0 spiro atoms. The number of hydrogen-bond acceptors (Lipinski definition) is 6. The van der Waals surface area contributed by atoms with Gasteiger partial charge in [-0.2, -0.15) is 5.10 Å². The van der Waals surface area contributed by atoms with E-state index in [1.165, 1.54) is 0 Å². The summed E-state index contributed by atoms with van der Waals surface area (Å²) in [5.41, 5.74) is 1.18. The molecule has 5 rings (SSSR count). The van der Waals surface area contributed by atoms with E-state index in [-0.39, 0.29) is 40.0 Å². The topological polar surface area (TPSA) is 108 Å². The third-order valence-corrected chi connectivity index (χ3v) is 9.86. The van der Waals surface area contributed by atoms with Gasteiger partial charge < -0.3 is 14.7 Å². The normalized spacial score (nSPS) is 21.5. The summed E-state index contributed by atoms with van der Waals surface area (Å²) < 4.78 is 31.6. The summed E-state index contributed by atoms with van der Waals surface area (Å²) in [7, 11) is -3.74. The second kappa shape index (κ2) is 10.3. The molecular formula is C26H37ClN6O4S. The van der Waals surface area contributed by atoms with Gasteiger partial charge >= 0.3 is 0 Å². The van der Waals surface area contributed by atoms with Gasteiger partial charge in [0.2, 0.25) is 21.8 Å². The molecule has 1 saturated carbocycles. The van der Waals surface area contributed by atoms with E-state index in [4.69, 9.17) is 11.6 Å². The van der Waals surface area contributed by atoms with Crippen LogP contribution in [-0.2, 0) is 26.2 Å². The highest BCUT2D eigenvalue weighted by Crippen LogP contribution is 2.38. The Morgan fingerprint density at radius 2 is 1.84 bits per heavy atom. The Balaban J connectivity index is 1.46. The van der Waals surface area contributed by atoms with Gasteiger partial charge in [0.25, 0.3) is 0 Å². The second-order valence-electron chi connectivity index (χ2n) is 11.5. The summed E-state index contributed by atoms with van der Waals surface area (Å²) in [6.07, 6.45) is 4.30. The molecule has 2 saturated heterocycles. The molecule has 38 heavy (non-hydrogen) atoms. The SMILES string of the molecule is CC(C)C(=O)N1CCN(c2cc(S(=O)(=O)NC3(C)CC3)cc3c2cnn3CC2CCN(C(=O)CCl)C2)CC1. The molecule has 3 heterocycles. The molecule has 1 atom stereocenters. The summed E-state index contributed by atoms with van der Waals surface area (Å²) in [6.45, 7) is 10.0. The molecule has 1 aromatic heterocycles. The third kappa shape index (κ3) is 5.51. The van der Waals surface area contributed by atoms with Crippen LogP contribution in [0.25, 0.3) is 10.9 Å². The third-order valence-electron chi connectivity index (χ3n) is 8.02. The van der Waals surface area contributed by atoms with Crippen LogP contribution in [0.4, 0.5) is 5.69 Å². The maximum absolute atomic E-state index is 13.4. The van der Waals surface area contributed by atoms with Gasteiger partial charge in [-0.25, -0.2) is 13.1 Å². The lowest BCUT2D eigenvalue weighted by Crippen LogP contribution is -2.50. The summed E-state index contributed by atoms with van der Waals surface area (Å²) in [5, 5.41) is 5.55. The van der Waals surface area contributed by atoms with Crippen molar-refractivity contribution in [2.45, 2.75) is 57.0 Å². The highest BCUT2D eigenvalue weighted by atomic mass is 35.5. The van der Waals surface area contributed by atoms with Gasteiger partial charge in [-0.15, -0.1) is 11.6 Å². The Morgan fingerprint density at radius 3 is 2.47 bits per heavy atom. The minimum atomic E-state index is -3.74. The molecule has 1 aliphatic carbocycles. The van der Waals surface area contributed by atoms with Crippen molar-refractivity contribution >= 4 is 50.0 Å². The van der Waals surface area contributed by atoms with Gasteiger partial charge in [-0.05, 0) is 44.2 Å². The first-order valence-corrected chi connectivity index (χ1v) is 15.4. The van der Waals surface area contributed by atoms with Crippen LogP contribution >= 0.6 is 11.6 Å². The van der Waals surface area contributed by atoms with Crippen LogP contribution in [-0.4, -0.2) is 90.5 Å². The number of carbonyl (C=O) groups excluding carboxylic acids is 2. The first kappa shape index (κ1) is 27.2. The van der Waals surface area contributed by atoms with Crippen LogP contribution in [0.1, 0.15) is 40.0 Å². The monoisotopic (exact) mass is 564 g/mol. The van der Waals surface area contributed by atoms with E-state index in [1.54, 1.807) is 23.2 Å². The average molecular weight is 565 g/mol. The number of benzene rings is 1. The van der Waals surface area contributed by atoms with E-state index in [1.807, 2.05) is 30.4 Å². The molecule has 2 amide bonds. The fraction of sp³-hybridized carbons (Fsp3) is 0.654. The number of nitrogens with one attached hydrogen (secondary N) is 1. The first-order chi connectivity index (χ1) is 18.0. The lowest BCUT2D eigenvalue weighted by atomic mass is 10.1. The number of anilines is 1. The van der Waals surface area contributed by atoms with Crippen molar-refractivity contribution in [1.29, 1.82) is 0 Å². The number of likely N-dealkylation sites (tertiary alicyclic amines) is 1. The number of carbonyl (C=O) groups is 2. The molecule has 12 heteroatoms. The van der Waals surface area contributed by atoms with Crippen LogP contribution in [0, 0.1) is 11.8 Å². The van der Waals surface area contributed by atoms with Crippen LogP contribution in [0.15, 0.2) is 23.2 Å². The Bertz CT molecular complexity index is 1330. The highest BCUT2D eigenvalue weighted by molar-refractivity contribution is 7.89. The molecule has 1 aromatic carbocycles. The summed E-state index contributed by atoms with van der Waals surface area (Å²) in [5.74, 6) is 0.206. The predicted molar refractivity (Wildman–Crippen MR) is 147 cm³/mol. The molecule has 10 nitrogen and oxygen atoms in total. The zero-order chi connectivity index (χ0) is 27.2. The fourth-order valence-electron chi connectivity index (χ4n) is 5.44. The minimum absolute atomic E-state index is 0.0239. The molecule has 1 unspecified atom stereocenters. The van der Waals surface area contributed by atoms with Crippen LogP contribution < -0.4 is 9.62 Å². The predicted octanol–water partition coefficient (Wildman–Crippen LogP) is 2.26. The largest absolute Gasteiger partial charge is 0.367 e. The van der Waals surface area contributed by atoms with E-state index in [9.17, 15) is 18.0 Å². The summed E-state index contributed by atoms with van der Waals surface area (Å²) >= 11 is 5.75. The van der Waals surface area contributed by atoms with Gasteiger partial charge in [-0.1, -0.05) is 13.8 Å². The number of sulfonamides is 1. The van der Waals surface area contributed by atoms with Gasteiger partial charge in [0.1, 0.15) is 5.88 Å². The summed E-state index contributed by atoms with van der Waals surface area (Å²) in [4.78, 5) is 30.6. The van der Waals surface area contributed by atoms with E-state index in [0.29, 0.717) is 45.8 Å². The number of nitrogens with zero attached hydrogens (tertiary/aromatic N) is 5. The minimum Gasteiger partial charge on any atom is -0.367 e. The molecule has 0 bridgehead atoms. The van der Waals surface area contributed by atoms with Gasteiger partial charge in [0.15, 0.2) is 0 Å². The Kier molecular flexibility index (Phi) is 7.38. The zero-order valence-electron chi connectivity index (χ0n) is 22.3. The maximum Gasteiger partial charge on any atom is 0.241 e. The van der Waals surface area contributed by atoms with Crippen molar-refractivity contribution in [2.75, 3.05) is 50.0 Å². The number of rotatable bonds is 8. The first-order valence-electron chi connectivity index (χ1n) is 13.4. The van der Waals surface area contributed by atoms with Crippen molar-refractivity contribution in [3.8, 4) is 0 Å². The number of hydrogen-bond donors (Lipinski definition) is 1. The Hall–Kier alpha value is -2.37. The molecule has 3 fully saturated rings. The standard InChI is InChI=1S/C26H37ClN6O4S/c1-18(2)25(35)31-10-8-30(9-11-31)22-12-20(38(36,37)29-26(3)5-6-26)13-23-21(22)15-28-33(23)17-19-4-7-32(16-19)24(34)14-27/h12-13,15,18-19,29H,4-11,14,16-17H2,1-3H3. The Labute approximate surface area is 229 Å². The van der Waals surface area contributed by atoms with Crippen molar-refractivity contribution in [1.82, 2.24) is 24.3 Å². The molecule has 3 aliphatic rings. The molecule has 2 aliphatic heterocycles. The Morgan fingerprint density at radius 1 is 1.13 bits per heavy atom. The van der Waals surface area contributed by atoms with E-state index >= 15 is 0 Å². The van der Waals surface area contributed by atoms with Crippen molar-refractivity contribution in [2.24, 2.45) is 11.8 Å². The highest BCUT2D eigenvalue weighted by Gasteiger charge is 2.41. The maximum atomic E-state index is 13.4. The van der Waals surface area contributed by atoms with Crippen molar-refractivity contribution in [3.63, 3.8) is 0 Å². The molecular weight excluding hydrogens is 528 g/mol. The fourth-order valence-corrected chi connectivity index (χ4v) is 7.11. The average Bonchev–Trinajstić information content (AvgIpc) is 3.26. The molecule has 208 valence electrons. The van der Waals surface area contributed by atoms with Gasteiger partial charge in [-0.3, -0.25) is 14.3 Å². The van der Waals surface area contributed by atoms with Crippen LogP contribution in [0.2, 0.25) is 0 Å². The number of amides is 2. The lowest BCUT2D eigenvalue weighted by molar-refractivity contribution is -0.134. The number of alkyl halides is 1.